The lowest BCUT2D eigenvalue weighted by Gasteiger charge is -2.40. The highest BCUT2D eigenvalue weighted by molar-refractivity contribution is 5.95. The summed E-state index contributed by atoms with van der Waals surface area (Å²) in [6.45, 7) is 5.63. The monoisotopic (exact) mass is 436 g/mol. The van der Waals surface area contributed by atoms with Gasteiger partial charge in [0, 0.05) is 37.3 Å². The fourth-order valence-electron chi connectivity index (χ4n) is 3.75. The summed E-state index contributed by atoms with van der Waals surface area (Å²) in [6, 6.07) is 13.5. The van der Waals surface area contributed by atoms with E-state index in [0.29, 0.717) is 36.8 Å². The van der Waals surface area contributed by atoms with Crippen molar-refractivity contribution in [3.05, 3.63) is 71.8 Å². The standard InChI is InChI=1S/C24H25FN4O3/c1-16-7-8-20(25)21(11-16)32-23-13-22(26-15-27-23)28-9-10-29(17(2)14-28)24(30)18-5-4-6-19(12-18)31-3/h4-8,11-13,15,17H,9-10,14H2,1-3H3/t17-/m0/s1. The molecule has 166 valence electrons. The Labute approximate surface area is 186 Å². The molecule has 32 heavy (non-hydrogen) atoms. The number of carbonyl (C=O) groups excluding carboxylic acids is 1. The Morgan fingerprint density at radius 1 is 1.12 bits per heavy atom. The quantitative estimate of drug-likeness (QED) is 0.601. The number of benzene rings is 2. The van der Waals surface area contributed by atoms with Crippen LogP contribution in [0.5, 0.6) is 17.4 Å². The Morgan fingerprint density at radius 3 is 2.75 bits per heavy atom. The van der Waals surface area contributed by atoms with Gasteiger partial charge in [-0.1, -0.05) is 12.1 Å². The van der Waals surface area contributed by atoms with E-state index in [1.165, 1.54) is 12.4 Å². The van der Waals surface area contributed by atoms with Gasteiger partial charge in [0.1, 0.15) is 17.9 Å². The maximum atomic E-state index is 14.0. The molecule has 0 aliphatic carbocycles. The molecule has 1 aliphatic heterocycles. The smallest absolute Gasteiger partial charge is 0.254 e. The lowest BCUT2D eigenvalue weighted by molar-refractivity contribution is 0.0673. The Balaban J connectivity index is 1.46. The summed E-state index contributed by atoms with van der Waals surface area (Å²) in [6.07, 6.45) is 1.40. The van der Waals surface area contributed by atoms with Crippen LogP contribution in [0.25, 0.3) is 0 Å². The van der Waals surface area contributed by atoms with Crippen LogP contribution < -0.4 is 14.4 Å². The van der Waals surface area contributed by atoms with Gasteiger partial charge >= 0.3 is 0 Å². The summed E-state index contributed by atoms with van der Waals surface area (Å²) < 4.78 is 24.9. The zero-order valence-electron chi connectivity index (χ0n) is 18.3. The summed E-state index contributed by atoms with van der Waals surface area (Å²) in [5.74, 6) is 1.23. The van der Waals surface area contributed by atoms with Crippen molar-refractivity contribution < 1.29 is 18.7 Å². The van der Waals surface area contributed by atoms with Crippen LogP contribution in [0.2, 0.25) is 0 Å². The predicted octanol–water partition coefficient (Wildman–Crippen LogP) is 4.08. The van der Waals surface area contributed by atoms with Gasteiger partial charge in [0.15, 0.2) is 11.6 Å². The summed E-state index contributed by atoms with van der Waals surface area (Å²) in [5.41, 5.74) is 1.49. The first kappa shape index (κ1) is 21.5. The first-order chi connectivity index (χ1) is 15.4. The summed E-state index contributed by atoms with van der Waals surface area (Å²) in [5, 5.41) is 0. The molecule has 3 aromatic rings. The second-order valence-electron chi connectivity index (χ2n) is 7.78. The number of anilines is 1. The Hall–Kier alpha value is -3.68. The van der Waals surface area contributed by atoms with Crippen LogP contribution in [0, 0.1) is 12.7 Å². The summed E-state index contributed by atoms with van der Waals surface area (Å²) >= 11 is 0. The van der Waals surface area contributed by atoms with Gasteiger partial charge in [-0.2, -0.15) is 0 Å². The second kappa shape index (κ2) is 9.21. The molecule has 0 unspecified atom stereocenters. The molecule has 1 saturated heterocycles. The van der Waals surface area contributed by atoms with Gasteiger partial charge in [0.2, 0.25) is 5.88 Å². The summed E-state index contributed by atoms with van der Waals surface area (Å²) in [7, 11) is 1.58. The van der Waals surface area contributed by atoms with Gasteiger partial charge in [-0.15, -0.1) is 0 Å². The van der Waals surface area contributed by atoms with E-state index in [1.54, 1.807) is 37.4 Å². The zero-order chi connectivity index (χ0) is 22.7. The molecule has 2 heterocycles. The van der Waals surface area contributed by atoms with Crippen LogP contribution in [-0.2, 0) is 0 Å². The van der Waals surface area contributed by atoms with Gasteiger partial charge in [-0.3, -0.25) is 4.79 Å². The molecule has 0 radical (unpaired) electrons. The third kappa shape index (κ3) is 4.64. The Kier molecular flexibility index (Phi) is 6.20. The largest absolute Gasteiger partial charge is 0.497 e. The Bertz CT molecular complexity index is 1120. The number of hydrogen-bond donors (Lipinski definition) is 0. The average molecular weight is 436 g/mol. The molecule has 2 aromatic carbocycles. The number of methoxy groups -OCH3 is 1. The van der Waals surface area contributed by atoms with Crippen molar-refractivity contribution in [3.63, 3.8) is 0 Å². The van der Waals surface area contributed by atoms with E-state index < -0.39 is 5.82 Å². The van der Waals surface area contributed by atoms with Crippen molar-refractivity contribution in [2.45, 2.75) is 19.9 Å². The Morgan fingerprint density at radius 2 is 1.97 bits per heavy atom. The van der Waals surface area contributed by atoms with E-state index >= 15 is 0 Å². The number of hydrogen-bond acceptors (Lipinski definition) is 6. The fraction of sp³-hybridized carbons (Fsp3) is 0.292. The predicted molar refractivity (Wildman–Crippen MR) is 119 cm³/mol. The van der Waals surface area contributed by atoms with Gasteiger partial charge in [-0.05, 0) is 49.7 Å². The second-order valence-corrected chi connectivity index (χ2v) is 7.78. The number of aryl methyl sites for hydroxylation is 1. The molecule has 0 spiro atoms. The molecule has 1 amide bonds. The van der Waals surface area contributed by atoms with Crippen LogP contribution in [0.15, 0.2) is 54.9 Å². The minimum Gasteiger partial charge on any atom is -0.497 e. The van der Waals surface area contributed by atoms with Crippen LogP contribution >= 0.6 is 0 Å². The minimum absolute atomic E-state index is 0.0299. The number of halogens is 1. The SMILES string of the molecule is COc1cccc(C(=O)N2CCN(c3cc(Oc4cc(C)ccc4F)ncn3)C[C@@H]2C)c1. The van der Waals surface area contributed by atoms with E-state index in [2.05, 4.69) is 14.9 Å². The molecule has 1 aliphatic rings. The molecule has 4 rings (SSSR count). The van der Waals surface area contributed by atoms with E-state index in [0.717, 1.165) is 5.56 Å². The van der Waals surface area contributed by atoms with E-state index in [9.17, 15) is 9.18 Å². The molecule has 1 fully saturated rings. The number of carbonyl (C=O) groups is 1. The molecule has 1 aromatic heterocycles. The van der Waals surface area contributed by atoms with Crippen molar-refractivity contribution in [1.82, 2.24) is 14.9 Å². The highest BCUT2D eigenvalue weighted by Crippen LogP contribution is 2.27. The number of amides is 1. The maximum Gasteiger partial charge on any atom is 0.254 e. The third-order valence-corrected chi connectivity index (χ3v) is 5.46. The number of nitrogens with zero attached hydrogens (tertiary/aromatic N) is 4. The maximum absolute atomic E-state index is 14.0. The number of ether oxygens (including phenoxy) is 2. The van der Waals surface area contributed by atoms with Gasteiger partial charge < -0.3 is 19.3 Å². The first-order valence-electron chi connectivity index (χ1n) is 10.4. The van der Waals surface area contributed by atoms with Crippen molar-refractivity contribution in [2.24, 2.45) is 0 Å². The molecule has 0 saturated carbocycles. The van der Waals surface area contributed by atoms with E-state index in [-0.39, 0.29) is 23.6 Å². The highest BCUT2D eigenvalue weighted by atomic mass is 19.1. The fourth-order valence-corrected chi connectivity index (χ4v) is 3.75. The van der Waals surface area contributed by atoms with Crippen LogP contribution in [0.3, 0.4) is 0 Å². The average Bonchev–Trinajstić information content (AvgIpc) is 2.81. The lowest BCUT2D eigenvalue weighted by Crippen LogP contribution is -2.54. The van der Waals surface area contributed by atoms with Crippen molar-refractivity contribution in [1.29, 1.82) is 0 Å². The normalized spacial score (nSPS) is 16.1. The van der Waals surface area contributed by atoms with Crippen LogP contribution in [-0.4, -0.2) is 53.6 Å². The molecule has 1 atom stereocenters. The molecular weight excluding hydrogens is 411 g/mol. The molecule has 0 bridgehead atoms. The molecular formula is C24H25FN4O3. The van der Waals surface area contributed by atoms with Crippen molar-refractivity contribution in [2.75, 3.05) is 31.6 Å². The lowest BCUT2D eigenvalue weighted by atomic mass is 10.1. The van der Waals surface area contributed by atoms with E-state index in [1.807, 2.05) is 30.9 Å². The highest BCUT2D eigenvalue weighted by Gasteiger charge is 2.29. The van der Waals surface area contributed by atoms with Gasteiger partial charge in [0.25, 0.3) is 5.91 Å². The number of piperazine rings is 1. The molecule has 0 N–H and O–H groups in total. The van der Waals surface area contributed by atoms with Crippen LogP contribution in [0.4, 0.5) is 10.2 Å². The topological polar surface area (TPSA) is 67.8 Å². The van der Waals surface area contributed by atoms with Crippen molar-refractivity contribution in [3.8, 4) is 17.4 Å². The minimum atomic E-state index is -0.450. The summed E-state index contributed by atoms with van der Waals surface area (Å²) in [4.78, 5) is 25.4. The zero-order valence-corrected chi connectivity index (χ0v) is 18.3. The van der Waals surface area contributed by atoms with Crippen molar-refractivity contribution >= 4 is 11.7 Å². The number of aromatic nitrogens is 2. The molecule has 8 heteroatoms. The molecule has 7 nitrogen and oxygen atoms in total. The van der Waals surface area contributed by atoms with Gasteiger partial charge in [-0.25, -0.2) is 14.4 Å². The third-order valence-electron chi connectivity index (χ3n) is 5.46. The van der Waals surface area contributed by atoms with E-state index in [4.69, 9.17) is 9.47 Å². The van der Waals surface area contributed by atoms with Crippen LogP contribution in [0.1, 0.15) is 22.8 Å². The first-order valence-corrected chi connectivity index (χ1v) is 10.4. The number of rotatable bonds is 5. The van der Waals surface area contributed by atoms with Gasteiger partial charge in [0.05, 0.1) is 7.11 Å².